The summed E-state index contributed by atoms with van der Waals surface area (Å²) in [6, 6.07) is 5.39. The molecule has 0 saturated carbocycles. The number of benzene rings is 2. The number of carbonyl (C=O) groups excluding carboxylic acids is 6. The number of hydrogen-bond acceptors (Lipinski definition) is 18. The molecule has 286 valence electrons. The Hall–Kier alpha value is -7.50. The van der Waals surface area contributed by atoms with E-state index in [1.54, 1.807) is 0 Å². The van der Waals surface area contributed by atoms with Crippen molar-refractivity contribution in [2.75, 3.05) is 40.8 Å². The topological polar surface area (TPSA) is 213 Å². The van der Waals surface area contributed by atoms with Gasteiger partial charge in [-0.3, -0.25) is 0 Å². The summed E-state index contributed by atoms with van der Waals surface area (Å²) < 4.78 is 63.5. The normalized spacial score (nSPS) is 9.70. The highest BCUT2D eigenvalue weighted by atomic mass is 16.7. The van der Waals surface area contributed by atoms with Crippen LogP contribution in [0.2, 0.25) is 0 Å². The number of hydrogen-bond donors (Lipinski definition) is 0. The van der Waals surface area contributed by atoms with Crippen molar-refractivity contribution in [3.63, 3.8) is 0 Å². The lowest BCUT2D eigenvalue weighted by atomic mass is 10.0. The molecule has 0 aliphatic heterocycles. The van der Waals surface area contributed by atoms with E-state index in [2.05, 4.69) is 39.5 Å². The van der Waals surface area contributed by atoms with Gasteiger partial charge in [0.2, 0.25) is 52.3 Å². The number of esters is 6. The van der Waals surface area contributed by atoms with Gasteiger partial charge in [-0.15, -0.1) is 0 Å². The molecule has 0 saturated heterocycles. The van der Waals surface area contributed by atoms with E-state index in [9.17, 15) is 28.8 Å². The highest BCUT2D eigenvalue weighted by molar-refractivity contribution is 5.83. The second-order valence-electron chi connectivity index (χ2n) is 9.18. The first kappa shape index (κ1) is 42.7. The van der Waals surface area contributed by atoms with Gasteiger partial charge in [-0.05, 0) is 35.4 Å². The van der Waals surface area contributed by atoms with Crippen LogP contribution in [0.4, 0.5) is 0 Å². The molecule has 0 atom stereocenters. The molecule has 0 N–H and O–H groups in total. The lowest BCUT2D eigenvalue weighted by Gasteiger charge is -2.20. The molecule has 0 aliphatic rings. The Kier molecular flexibility index (Phi) is 18.2. The van der Waals surface area contributed by atoms with Crippen molar-refractivity contribution in [3.05, 3.63) is 100 Å². The minimum Gasteiger partial charge on any atom is -0.453 e. The maximum atomic E-state index is 11.7. The smallest absolute Gasteiger partial charge is 0.333 e. The first-order valence-electron chi connectivity index (χ1n) is 14.9. The molecule has 0 aromatic heterocycles. The molecule has 2 rings (SSSR count). The van der Waals surface area contributed by atoms with Crippen molar-refractivity contribution < 1.29 is 85.6 Å². The van der Waals surface area contributed by atoms with E-state index in [0.717, 1.165) is 36.5 Å². The fourth-order valence-corrected chi connectivity index (χ4v) is 3.45. The van der Waals surface area contributed by atoms with Gasteiger partial charge < -0.3 is 56.8 Å². The summed E-state index contributed by atoms with van der Waals surface area (Å²) in [6.07, 6.45) is 5.32. The average Bonchev–Trinajstić information content (AvgIpc) is 3.18. The Morgan fingerprint density at radius 1 is 0.352 bits per heavy atom. The zero-order chi connectivity index (χ0) is 39.9. The molecular formula is C36H34O18. The first-order valence-corrected chi connectivity index (χ1v) is 14.9. The van der Waals surface area contributed by atoms with Gasteiger partial charge >= 0.3 is 35.8 Å². The van der Waals surface area contributed by atoms with Crippen LogP contribution in [0.25, 0.3) is 11.1 Å². The molecule has 0 unspecified atom stereocenters. The second-order valence-corrected chi connectivity index (χ2v) is 9.18. The lowest BCUT2D eigenvalue weighted by molar-refractivity contribution is -0.146. The molecule has 0 spiro atoms. The summed E-state index contributed by atoms with van der Waals surface area (Å²) in [4.78, 5) is 70.4. The SMILES string of the molecule is C=CC(=O)OCOc1cc(-c2cc(OCOC(=O)C=C)c(OCOC(=O)C=C)c(OCOC(=O)C=C)c2)cc(OCOC(=O)C=C)c1OCOC(=O)C=C. The fraction of sp³-hybridized carbons (Fsp3) is 0.167. The largest absolute Gasteiger partial charge is 0.453 e. The number of carbonyl (C=O) groups is 6. The summed E-state index contributed by atoms with van der Waals surface area (Å²) in [5.74, 6) is -6.25. The van der Waals surface area contributed by atoms with E-state index < -0.39 is 76.6 Å². The maximum absolute atomic E-state index is 11.7. The average molecular weight is 755 g/mol. The molecule has 54 heavy (non-hydrogen) atoms. The van der Waals surface area contributed by atoms with Crippen LogP contribution in [0.15, 0.2) is 100 Å². The van der Waals surface area contributed by atoms with Crippen LogP contribution in [0.3, 0.4) is 0 Å². The Balaban J connectivity index is 2.82. The molecule has 0 amide bonds. The maximum Gasteiger partial charge on any atom is 0.333 e. The summed E-state index contributed by atoms with van der Waals surface area (Å²) in [6.45, 7) is 15.7. The minimum atomic E-state index is -0.839. The molecule has 2 aromatic rings. The van der Waals surface area contributed by atoms with E-state index in [-0.39, 0.29) is 45.6 Å². The predicted molar refractivity (Wildman–Crippen MR) is 183 cm³/mol. The van der Waals surface area contributed by atoms with Crippen molar-refractivity contribution in [1.29, 1.82) is 0 Å². The molecule has 0 bridgehead atoms. The minimum absolute atomic E-state index is 0.186. The van der Waals surface area contributed by atoms with E-state index in [1.807, 2.05) is 0 Å². The number of ether oxygens (including phenoxy) is 12. The Morgan fingerprint density at radius 2 is 0.537 bits per heavy atom. The van der Waals surface area contributed by atoms with Crippen LogP contribution in [-0.2, 0) is 57.2 Å². The fourth-order valence-electron chi connectivity index (χ4n) is 3.45. The van der Waals surface area contributed by atoms with Gasteiger partial charge in [0.15, 0.2) is 23.0 Å². The van der Waals surface area contributed by atoms with E-state index in [4.69, 9.17) is 56.8 Å². The van der Waals surface area contributed by atoms with Crippen LogP contribution in [0, 0.1) is 0 Å². The molecule has 0 fully saturated rings. The molecule has 0 aliphatic carbocycles. The third kappa shape index (κ3) is 14.4. The van der Waals surface area contributed by atoms with Crippen molar-refractivity contribution in [2.45, 2.75) is 0 Å². The molecule has 18 heteroatoms. The van der Waals surface area contributed by atoms with Gasteiger partial charge in [-0.2, -0.15) is 0 Å². The highest BCUT2D eigenvalue weighted by Crippen LogP contribution is 2.46. The molecule has 0 heterocycles. The monoisotopic (exact) mass is 754 g/mol. The molecule has 2 aromatic carbocycles. The van der Waals surface area contributed by atoms with Crippen LogP contribution < -0.4 is 28.4 Å². The van der Waals surface area contributed by atoms with Gasteiger partial charge in [0, 0.05) is 36.5 Å². The van der Waals surface area contributed by atoms with Gasteiger partial charge in [0.05, 0.1) is 0 Å². The lowest BCUT2D eigenvalue weighted by Crippen LogP contribution is -2.14. The van der Waals surface area contributed by atoms with Crippen LogP contribution in [0.1, 0.15) is 0 Å². The number of rotatable bonds is 25. The van der Waals surface area contributed by atoms with Crippen molar-refractivity contribution in [2.24, 2.45) is 0 Å². The Labute approximate surface area is 307 Å². The zero-order valence-corrected chi connectivity index (χ0v) is 28.6. The van der Waals surface area contributed by atoms with E-state index in [0.29, 0.717) is 0 Å². The zero-order valence-electron chi connectivity index (χ0n) is 28.6. The van der Waals surface area contributed by atoms with Gasteiger partial charge in [0.1, 0.15) is 0 Å². The van der Waals surface area contributed by atoms with Crippen molar-refractivity contribution >= 4 is 35.8 Å². The van der Waals surface area contributed by atoms with Crippen molar-refractivity contribution in [3.8, 4) is 45.6 Å². The molecular weight excluding hydrogens is 720 g/mol. The molecule has 18 nitrogen and oxygen atoms in total. The van der Waals surface area contributed by atoms with Crippen molar-refractivity contribution in [1.82, 2.24) is 0 Å². The first-order chi connectivity index (χ1) is 26.0. The predicted octanol–water partition coefficient (Wildman–Crippen LogP) is 3.75. The summed E-state index contributed by atoms with van der Waals surface area (Å²) in [5.41, 5.74) is 0.372. The van der Waals surface area contributed by atoms with E-state index in [1.165, 1.54) is 24.3 Å². The Morgan fingerprint density at radius 3 is 0.722 bits per heavy atom. The third-order valence-corrected chi connectivity index (χ3v) is 5.85. The van der Waals surface area contributed by atoms with Gasteiger partial charge in [-0.1, -0.05) is 39.5 Å². The third-order valence-electron chi connectivity index (χ3n) is 5.85. The van der Waals surface area contributed by atoms with E-state index >= 15 is 0 Å². The van der Waals surface area contributed by atoms with Crippen LogP contribution in [0.5, 0.6) is 34.5 Å². The van der Waals surface area contributed by atoms with Gasteiger partial charge in [-0.25, -0.2) is 28.8 Å². The van der Waals surface area contributed by atoms with Gasteiger partial charge in [0.25, 0.3) is 0 Å². The highest BCUT2D eigenvalue weighted by Gasteiger charge is 2.23. The quantitative estimate of drug-likeness (QED) is 0.0611. The molecule has 0 radical (unpaired) electrons. The summed E-state index contributed by atoms with van der Waals surface area (Å²) in [7, 11) is 0. The van der Waals surface area contributed by atoms with Crippen LogP contribution in [-0.4, -0.2) is 76.6 Å². The van der Waals surface area contributed by atoms with Crippen LogP contribution >= 0.6 is 0 Å². The Bertz CT molecular complexity index is 1540. The second kappa shape index (κ2) is 23.1. The summed E-state index contributed by atoms with van der Waals surface area (Å²) >= 11 is 0. The summed E-state index contributed by atoms with van der Waals surface area (Å²) in [5, 5.41) is 0. The standard InChI is InChI=1S/C36H34O18/c1-7-29(37)47-17-43-25-13-23(14-26(44-18-48-30(38)8-2)35(25)53-21-51-33(41)11-5)24-15-27(45-19-49-31(39)9-3)36(54-22-52-34(42)12-6)28(16-24)46-20-50-32(40)10-4/h7-16H,1-6,17-22H2.